The lowest BCUT2D eigenvalue weighted by molar-refractivity contribution is -0.0235. The molecule has 0 bridgehead atoms. The number of benzene rings is 2. The summed E-state index contributed by atoms with van der Waals surface area (Å²) in [6, 6.07) is 15.9. The zero-order chi connectivity index (χ0) is 27.8. The first kappa shape index (κ1) is 29.9. The Kier molecular flexibility index (Phi) is 10.5. The molecule has 0 aliphatic carbocycles. The Morgan fingerprint density at radius 3 is 2.24 bits per heavy atom. The molecule has 0 aromatic heterocycles. The molecule has 1 aliphatic heterocycles. The summed E-state index contributed by atoms with van der Waals surface area (Å²) in [7, 11) is -3.83. The monoisotopic (exact) mass is 544 g/mol. The molecule has 3 rings (SSSR count). The lowest BCUT2D eigenvalue weighted by Crippen LogP contribution is -2.44. The van der Waals surface area contributed by atoms with Crippen molar-refractivity contribution in [1.29, 1.82) is 0 Å². The van der Waals surface area contributed by atoms with E-state index in [9.17, 15) is 14.2 Å². The van der Waals surface area contributed by atoms with Gasteiger partial charge in [-0.2, -0.15) is 0 Å². The van der Waals surface area contributed by atoms with Crippen LogP contribution in [0.1, 0.15) is 76.2 Å². The van der Waals surface area contributed by atoms with Crippen LogP contribution in [0.25, 0.3) is 0 Å². The summed E-state index contributed by atoms with van der Waals surface area (Å²) in [4.78, 5) is 28.9. The molecule has 2 amide bonds. The average Bonchev–Trinajstić information content (AvgIpc) is 3.13. The Hall–Kier alpha value is -2.67. The number of carbonyl (C=O) groups is 2. The zero-order valence-electron chi connectivity index (χ0n) is 23.2. The summed E-state index contributed by atoms with van der Waals surface area (Å²) in [5.41, 5.74) is 0.684. The summed E-state index contributed by atoms with van der Waals surface area (Å²) in [6.45, 7) is 11.1. The molecule has 2 unspecified atom stereocenters. The Bertz CT molecular complexity index is 1100. The van der Waals surface area contributed by atoms with E-state index in [2.05, 4.69) is 0 Å². The maximum Gasteiger partial charge on any atom is 0.412 e. The van der Waals surface area contributed by atoms with Crippen LogP contribution in [0.15, 0.2) is 54.6 Å². The SMILES string of the molecule is CCN(CC)C(=O)c1ccc(COP(=O)(OC2CCCCCN2C(=O)OC(C)(C)C)c2ccccc2)cc1. The number of nitrogens with zero attached hydrogens (tertiary/aromatic N) is 2. The molecule has 1 aliphatic rings. The summed E-state index contributed by atoms with van der Waals surface area (Å²) in [5, 5.41) is 0.418. The van der Waals surface area contributed by atoms with E-state index in [0.717, 1.165) is 24.8 Å². The van der Waals surface area contributed by atoms with Crippen LogP contribution < -0.4 is 5.30 Å². The van der Waals surface area contributed by atoms with E-state index in [1.54, 1.807) is 53.4 Å². The Morgan fingerprint density at radius 2 is 1.63 bits per heavy atom. The molecular formula is C29H41N2O6P. The summed E-state index contributed by atoms with van der Waals surface area (Å²) >= 11 is 0. The van der Waals surface area contributed by atoms with E-state index in [-0.39, 0.29) is 12.5 Å². The molecule has 9 heteroatoms. The van der Waals surface area contributed by atoms with Gasteiger partial charge in [-0.3, -0.25) is 18.8 Å². The standard InChI is InChI=1S/C29H41N2O6P/c1-6-30(7-2)27(32)24-19-17-23(18-20-24)22-35-38(34,25-14-10-8-11-15-25)37-26-16-12-9-13-21-31(26)28(33)36-29(3,4)5/h8,10-11,14-15,17-20,26H,6-7,9,12-13,16,21-22H2,1-5H3. The summed E-state index contributed by atoms with van der Waals surface area (Å²) in [6.07, 6.45) is 1.88. The van der Waals surface area contributed by atoms with Gasteiger partial charge in [0, 0.05) is 25.2 Å². The number of carbonyl (C=O) groups excluding carboxylic acids is 2. The molecule has 0 radical (unpaired) electrons. The van der Waals surface area contributed by atoms with Gasteiger partial charge in [0.1, 0.15) is 11.8 Å². The van der Waals surface area contributed by atoms with Crippen LogP contribution in [0.2, 0.25) is 0 Å². The lowest BCUT2D eigenvalue weighted by atomic mass is 10.1. The molecule has 0 saturated carbocycles. The largest absolute Gasteiger partial charge is 0.444 e. The minimum Gasteiger partial charge on any atom is -0.444 e. The first-order valence-corrected chi connectivity index (χ1v) is 15.0. The third-order valence-corrected chi connectivity index (χ3v) is 8.23. The topological polar surface area (TPSA) is 85.4 Å². The molecule has 208 valence electrons. The van der Waals surface area contributed by atoms with Gasteiger partial charge >= 0.3 is 13.7 Å². The smallest absolute Gasteiger partial charge is 0.412 e. The van der Waals surface area contributed by atoms with E-state index in [0.29, 0.717) is 36.9 Å². The van der Waals surface area contributed by atoms with Crippen molar-refractivity contribution >= 4 is 24.9 Å². The summed E-state index contributed by atoms with van der Waals surface area (Å²) in [5.74, 6) is -0.0312. The quantitative estimate of drug-likeness (QED) is 0.342. The second kappa shape index (κ2) is 13.4. The maximum atomic E-state index is 14.3. The molecule has 0 N–H and O–H groups in total. The Morgan fingerprint density at radius 1 is 0.974 bits per heavy atom. The highest BCUT2D eigenvalue weighted by molar-refractivity contribution is 7.62. The Labute approximate surface area is 226 Å². The van der Waals surface area contributed by atoms with Crippen molar-refractivity contribution in [3.8, 4) is 0 Å². The van der Waals surface area contributed by atoms with E-state index in [4.69, 9.17) is 13.8 Å². The zero-order valence-corrected chi connectivity index (χ0v) is 24.1. The number of hydrogen-bond acceptors (Lipinski definition) is 6. The fourth-order valence-corrected chi connectivity index (χ4v) is 5.98. The van der Waals surface area contributed by atoms with Crippen LogP contribution in [-0.2, 0) is 25.0 Å². The van der Waals surface area contributed by atoms with Crippen molar-refractivity contribution in [1.82, 2.24) is 9.80 Å². The molecule has 38 heavy (non-hydrogen) atoms. The molecule has 1 heterocycles. The van der Waals surface area contributed by atoms with Crippen molar-refractivity contribution < 1.29 is 27.9 Å². The molecule has 2 aromatic carbocycles. The predicted molar refractivity (Wildman–Crippen MR) is 148 cm³/mol. The van der Waals surface area contributed by atoms with Crippen molar-refractivity contribution in [2.45, 2.75) is 78.7 Å². The highest BCUT2D eigenvalue weighted by atomic mass is 31.2. The van der Waals surface area contributed by atoms with Crippen molar-refractivity contribution in [2.75, 3.05) is 19.6 Å². The van der Waals surface area contributed by atoms with Crippen LogP contribution >= 0.6 is 7.60 Å². The number of amides is 2. The highest BCUT2D eigenvalue weighted by Gasteiger charge is 2.37. The van der Waals surface area contributed by atoms with E-state index >= 15 is 0 Å². The number of rotatable bonds is 9. The van der Waals surface area contributed by atoms with Crippen LogP contribution in [0.3, 0.4) is 0 Å². The molecule has 1 fully saturated rings. The number of hydrogen-bond donors (Lipinski definition) is 0. The van der Waals surface area contributed by atoms with Gasteiger partial charge in [-0.15, -0.1) is 0 Å². The molecule has 0 spiro atoms. The van der Waals surface area contributed by atoms with E-state index < -0.39 is 25.5 Å². The second-order valence-electron chi connectivity index (χ2n) is 10.4. The number of likely N-dealkylation sites (tertiary alicyclic amines) is 1. The molecule has 2 atom stereocenters. The van der Waals surface area contributed by atoms with Gasteiger partial charge in [-0.05, 0) is 83.7 Å². The van der Waals surface area contributed by atoms with Gasteiger partial charge in [0.15, 0.2) is 0 Å². The van der Waals surface area contributed by atoms with Crippen molar-refractivity contribution in [3.63, 3.8) is 0 Å². The molecule has 2 aromatic rings. The van der Waals surface area contributed by atoms with Gasteiger partial charge < -0.3 is 14.2 Å². The second-order valence-corrected chi connectivity index (χ2v) is 12.3. The van der Waals surface area contributed by atoms with Gasteiger partial charge in [0.2, 0.25) is 0 Å². The molecule has 8 nitrogen and oxygen atoms in total. The van der Waals surface area contributed by atoms with E-state index in [1.165, 1.54) is 4.90 Å². The summed E-state index contributed by atoms with van der Waals surface area (Å²) < 4.78 is 32.2. The van der Waals surface area contributed by atoms with Crippen LogP contribution in [-0.4, -0.2) is 53.3 Å². The van der Waals surface area contributed by atoms with Crippen LogP contribution in [0.5, 0.6) is 0 Å². The van der Waals surface area contributed by atoms with Crippen molar-refractivity contribution in [3.05, 3.63) is 65.7 Å². The third-order valence-electron chi connectivity index (χ3n) is 6.31. The first-order chi connectivity index (χ1) is 18.1. The lowest BCUT2D eigenvalue weighted by Gasteiger charge is -2.34. The highest BCUT2D eigenvalue weighted by Crippen LogP contribution is 2.50. The fourth-order valence-electron chi connectivity index (χ4n) is 4.25. The molecule has 1 saturated heterocycles. The minimum absolute atomic E-state index is 0.0189. The Balaban J connectivity index is 1.81. The number of ether oxygens (including phenoxy) is 1. The van der Waals surface area contributed by atoms with Gasteiger partial charge in [-0.25, -0.2) is 4.79 Å². The third kappa shape index (κ3) is 8.16. The normalized spacial score (nSPS) is 17.8. The first-order valence-electron chi connectivity index (χ1n) is 13.4. The van der Waals surface area contributed by atoms with Gasteiger partial charge in [0.05, 0.1) is 11.9 Å². The van der Waals surface area contributed by atoms with Crippen LogP contribution in [0.4, 0.5) is 4.79 Å². The van der Waals surface area contributed by atoms with Gasteiger partial charge in [-0.1, -0.05) is 36.8 Å². The van der Waals surface area contributed by atoms with Crippen LogP contribution in [0, 0.1) is 0 Å². The fraction of sp³-hybridized carbons (Fsp3) is 0.517. The average molecular weight is 545 g/mol. The van der Waals surface area contributed by atoms with Crippen molar-refractivity contribution in [2.24, 2.45) is 0 Å². The molecular weight excluding hydrogens is 503 g/mol. The van der Waals surface area contributed by atoms with E-state index in [1.807, 2.05) is 40.7 Å². The maximum absolute atomic E-state index is 14.3. The predicted octanol–water partition coefficient (Wildman–Crippen LogP) is 6.36. The van der Waals surface area contributed by atoms with Gasteiger partial charge in [0.25, 0.3) is 5.91 Å². The minimum atomic E-state index is -3.83.